The fraction of sp³-hybridized carbons (Fsp3) is 0.683. The van der Waals surface area contributed by atoms with Gasteiger partial charge in [-0.25, -0.2) is 4.79 Å². The van der Waals surface area contributed by atoms with Crippen molar-refractivity contribution >= 4 is 23.9 Å². The Morgan fingerprint density at radius 2 is 0.880 bits per heavy atom. The lowest BCUT2D eigenvalue weighted by Crippen LogP contribution is -2.61. The fourth-order valence-corrected chi connectivity index (χ4v) is 8.17. The van der Waals surface area contributed by atoms with E-state index in [0.717, 1.165) is 103 Å². The summed E-state index contributed by atoms with van der Waals surface area (Å²) in [6, 6.07) is 0. The van der Waals surface area contributed by atoms with Crippen LogP contribution in [0.3, 0.4) is 0 Å². The Hall–Kier alpha value is -4.36. The zero-order valence-corrected chi connectivity index (χ0v) is 46.8. The molecule has 0 aliphatic carbocycles. The van der Waals surface area contributed by atoms with Crippen LogP contribution in [0.5, 0.6) is 0 Å². The first-order valence-electron chi connectivity index (χ1n) is 29.2. The van der Waals surface area contributed by atoms with Crippen molar-refractivity contribution in [3.8, 4) is 0 Å². The van der Waals surface area contributed by atoms with Gasteiger partial charge in [-0.05, 0) is 103 Å². The van der Waals surface area contributed by atoms with Gasteiger partial charge < -0.3 is 39.0 Å². The van der Waals surface area contributed by atoms with Crippen molar-refractivity contribution in [2.45, 2.75) is 263 Å². The second kappa shape index (κ2) is 50.5. The first kappa shape index (κ1) is 68.7. The molecule has 3 N–H and O–H groups in total. The van der Waals surface area contributed by atoms with Gasteiger partial charge in [0.25, 0.3) is 0 Å². The van der Waals surface area contributed by atoms with Gasteiger partial charge in [-0.15, -0.1) is 0 Å². The molecular formula is C63H102O12. The molecule has 6 atom stereocenters. The summed E-state index contributed by atoms with van der Waals surface area (Å²) in [7, 11) is 0. The van der Waals surface area contributed by atoms with E-state index in [1.807, 2.05) is 12.2 Å². The minimum absolute atomic E-state index is 0.137. The van der Waals surface area contributed by atoms with Crippen molar-refractivity contribution < 1.29 is 58.2 Å². The van der Waals surface area contributed by atoms with E-state index in [-0.39, 0.29) is 25.9 Å². The van der Waals surface area contributed by atoms with Gasteiger partial charge in [0.2, 0.25) is 0 Å². The largest absolute Gasteiger partial charge is 0.479 e. The number of carbonyl (C=O) groups is 4. The zero-order chi connectivity index (χ0) is 54.7. The summed E-state index contributed by atoms with van der Waals surface area (Å²) < 4.78 is 28.3. The second-order valence-corrected chi connectivity index (χ2v) is 19.6. The molecule has 1 rings (SSSR count). The average molecular weight is 1050 g/mol. The Balaban J connectivity index is 2.75. The molecule has 0 aromatic heterocycles. The number of aliphatic carboxylic acids is 1. The van der Waals surface area contributed by atoms with Gasteiger partial charge >= 0.3 is 23.9 Å². The Kier molecular flexibility index (Phi) is 46.2. The minimum Gasteiger partial charge on any atom is -0.479 e. The van der Waals surface area contributed by atoms with Crippen molar-refractivity contribution in [3.63, 3.8) is 0 Å². The van der Waals surface area contributed by atoms with Crippen LogP contribution in [0.25, 0.3) is 0 Å². The van der Waals surface area contributed by atoms with Gasteiger partial charge in [0.05, 0.1) is 13.0 Å². The maximum absolute atomic E-state index is 13.1. The third kappa shape index (κ3) is 40.6. The van der Waals surface area contributed by atoms with Crippen LogP contribution in [0.15, 0.2) is 97.2 Å². The molecule has 0 aromatic rings. The molecule has 1 fully saturated rings. The Bertz CT molecular complexity index is 1670. The second-order valence-electron chi connectivity index (χ2n) is 19.6. The molecule has 0 radical (unpaired) electrons. The van der Waals surface area contributed by atoms with Crippen LogP contribution < -0.4 is 0 Å². The smallest absolute Gasteiger partial charge is 0.335 e. The predicted molar refractivity (Wildman–Crippen MR) is 303 cm³/mol. The molecule has 0 amide bonds. The highest BCUT2D eigenvalue weighted by atomic mass is 16.7. The molecule has 0 aromatic carbocycles. The number of esters is 3. The van der Waals surface area contributed by atoms with Crippen LogP contribution in [0.2, 0.25) is 0 Å². The number of carboxylic acid groups (broad SMARTS) is 1. The van der Waals surface area contributed by atoms with Crippen LogP contribution in [-0.2, 0) is 42.9 Å². The number of aliphatic hydroxyl groups is 2. The average Bonchev–Trinajstić information content (AvgIpc) is 3.39. The first-order valence-corrected chi connectivity index (χ1v) is 29.2. The van der Waals surface area contributed by atoms with Gasteiger partial charge in [-0.1, -0.05) is 201 Å². The number of rotatable bonds is 48. The molecule has 1 aliphatic rings. The van der Waals surface area contributed by atoms with Crippen LogP contribution >= 0.6 is 0 Å². The number of carbonyl (C=O) groups excluding carboxylic acids is 3. The zero-order valence-electron chi connectivity index (χ0n) is 46.8. The number of hydrogen-bond acceptors (Lipinski definition) is 11. The summed E-state index contributed by atoms with van der Waals surface area (Å²) >= 11 is 0. The van der Waals surface area contributed by atoms with Gasteiger partial charge in [0.1, 0.15) is 18.8 Å². The highest BCUT2D eigenvalue weighted by molar-refractivity contribution is 5.74. The molecule has 1 aliphatic heterocycles. The standard InChI is InChI=1S/C63H102O12/c1-4-7-10-13-16-19-22-25-27-28-30-32-34-37-40-43-46-49-55(64)71-52-54(73-56(65)50-47-44-41-38-35-31-24-21-18-15-12-9-6-3)53-72-63-61(59(68)58(67)60(75-63)62(69)70)74-57(66)51-48-45-42-39-36-33-29-26-23-20-17-14-11-8-5-2/h8,11,16-17,19-21,24-27,29,36,39,45,48,54,58-61,63,67-68H,4-7,9-10,12-15,18,22-23,28,30-35,37-38,40-44,46-47,49-53H2,1-3H3,(H,69,70)/b11-8-,19-16-,20-17-,24-21-,27-25-,29-26-,39-36-,48-45-. The van der Waals surface area contributed by atoms with E-state index in [1.54, 1.807) is 12.2 Å². The molecule has 1 heterocycles. The van der Waals surface area contributed by atoms with Crippen LogP contribution in [0, 0.1) is 0 Å². The number of aliphatic hydroxyl groups excluding tert-OH is 2. The highest BCUT2D eigenvalue weighted by Crippen LogP contribution is 2.26. The summed E-state index contributed by atoms with van der Waals surface area (Å²) in [5.41, 5.74) is 0. The summed E-state index contributed by atoms with van der Waals surface area (Å²) in [6.45, 7) is 5.77. The maximum Gasteiger partial charge on any atom is 0.335 e. The third-order valence-corrected chi connectivity index (χ3v) is 12.6. The fourth-order valence-electron chi connectivity index (χ4n) is 8.17. The van der Waals surface area contributed by atoms with Gasteiger partial charge in [-0.2, -0.15) is 0 Å². The molecule has 0 spiro atoms. The van der Waals surface area contributed by atoms with E-state index in [2.05, 4.69) is 93.7 Å². The lowest BCUT2D eigenvalue weighted by molar-refractivity contribution is -0.301. The molecule has 0 bridgehead atoms. The first-order chi connectivity index (χ1) is 36.6. The van der Waals surface area contributed by atoms with Crippen LogP contribution in [0.1, 0.15) is 226 Å². The molecule has 1 saturated heterocycles. The van der Waals surface area contributed by atoms with E-state index in [0.29, 0.717) is 19.3 Å². The van der Waals surface area contributed by atoms with Crippen molar-refractivity contribution in [1.29, 1.82) is 0 Å². The highest BCUT2D eigenvalue weighted by Gasteiger charge is 2.50. The van der Waals surface area contributed by atoms with Gasteiger partial charge in [0, 0.05) is 12.8 Å². The third-order valence-electron chi connectivity index (χ3n) is 12.6. The minimum atomic E-state index is -1.94. The topological polar surface area (TPSA) is 175 Å². The monoisotopic (exact) mass is 1050 g/mol. The Labute approximate surface area is 453 Å². The van der Waals surface area contributed by atoms with Crippen LogP contribution in [-0.4, -0.2) is 89.2 Å². The van der Waals surface area contributed by atoms with Crippen molar-refractivity contribution in [2.24, 2.45) is 0 Å². The normalized spacial score (nSPS) is 18.9. The summed E-state index contributed by atoms with van der Waals surface area (Å²) in [4.78, 5) is 51.0. The molecule has 75 heavy (non-hydrogen) atoms. The van der Waals surface area contributed by atoms with Crippen molar-refractivity contribution in [3.05, 3.63) is 97.2 Å². The SMILES string of the molecule is CC/C=C\C/C=C\C/C=C\C/C=C\C/C=C\CC(=O)OC1C(OCC(COC(=O)CCCCCCCCC/C=C\C/C=C\CCCCC)OC(=O)CCCCCCC/C=C\CCCCCC)OC(C(=O)O)C(O)C1O. The number of hydrogen-bond donors (Lipinski definition) is 3. The number of ether oxygens (including phenoxy) is 5. The van der Waals surface area contributed by atoms with Gasteiger partial charge in [0.15, 0.2) is 24.6 Å². The van der Waals surface area contributed by atoms with Crippen molar-refractivity contribution in [2.75, 3.05) is 13.2 Å². The summed E-state index contributed by atoms with van der Waals surface area (Å²) in [5.74, 6) is -3.31. The molecule has 12 heteroatoms. The lowest BCUT2D eigenvalue weighted by Gasteiger charge is -2.40. The molecule has 12 nitrogen and oxygen atoms in total. The molecular weight excluding hydrogens is 949 g/mol. The van der Waals surface area contributed by atoms with Gasteiger partial charge in [-0.3, -0.25) is 14.4 Å². The van der Waals surface area contributed by atoms with Crippen LogP contribution in [0.4, 0.5) is 0 Å². The van der Waals surface area contributed by atoms with E-state index in [9.17, 15) is 34.5 Å². The Morgan fingerprint density at radius 1 is 0.467 bits per heavy atom. The Morgan fingerprint density at radius 3 is 1.39 bits per heavy atom. The molecule has 0 saturated carbocycles. The maximum atomic E-state index is 13.1. The van der Waals surface area contributed by atoms with Crippen molar-refractivity contribution in [1.82, 2.24) is 0 Å². The predicted octanol–water partition coefficient (Wildman–Crippen LogP) is 14.9. The lowest BCUT2D eigenvalue weighted by atomic mass is 9.98. The number of carboxylic acids is 1. The molecule has 6 unspecified atom stereocenters. The quantitative estimate of drug-likeness (QED) is 0.0228. The van der Waals surface area contributed by atoms with E-state index >= 15 is 0 Å². The summed E-state index contributed by atoms with van der Waals surface area (Å²) in [6.07, 6.45) is 54.0. The van der Waals surface area contributed by atoms with E-state index < -0.39 is 67.3 Å². The van der Waals surface area contributed by atoms with E-state index in [4.69, 9.17) is 23.7 Å². The number of unbranched alkanes of at least 4 members (excludes halogenated alkanes) is 19. The number of allylic oxidation sites excluding steroid dienone is 15. The molecule has 426 valence electrons. The van der Waals surface area contributed by atoms with E-state index in [1.165, 1.54) is 64.2 Å². The summed E-state index contributed by atoms with van der Waals surface area (Å²) in [5, 5.41) is 31.4.